The second-order valence-corrected chi connectivity index (χ2v) is 20.2. The standard InChI is InChI=1S/C63H114O6/c1-4-7-10-13-16-19-22-25-28-30-31-32-33-34-36-38-41-44-47-50-53-56-62(65)68-59-60(58-67-61(64)55-52-49-46-43-40-37-27-24-21-18-15-12-9-6-3)69-63(66)57-54-51-48-45-42-39-35-29-26-23-20-17-14-11-8-5-2/h15,18,24,27,29-31,35,60H,4-14,16-17,19-23,25-26,28,32-34,36-59H2,1-3H3/b18-15-,27-24-,31-30-,35-29-. The number of hydrogen-bond acceptors (Lipinski definition) is 6. The van der Waals surface area contributed by atoms with Gasteiger partial charge < -0.3 is 14.2 Å². The first-order valence-corrected chi connectivity index (χ1v) is 30.1. The van der Waals surface area contributed by atoms with Crippen LogP contribution >= 0.6 is 0 Å². The molecule has 0 fully saturated rings. The third-order valence-electron chi connectivity index (χ3n) is 13.3. The van der Waals surface area contributed by atoms with Crippen molar-refractivity contribution in [2.45, 2.75) is 322 Å². The number of allylic oxidation sites excluding steroid dienone is 8. The minimum absolute atomic E-state index is 0.0804. The van der Waals surface area contributed by atoms with E-state index in [9.17, 15) is 14.4 Å². The molecule has 6 nitrogen and oxygen atoms in total. The third-order valence-corrected chi connectivity index (χ3v) is 13.3. The molecule has 402 valence electrons. The normalized spacial score (nSPS) is 12.3. The van der Waals surface area contributed by atoms with E-state index in [1.165, 1.54) is 186 Å². The van der Waals surface area contributed by atoms with Crippen LogP contribution in [0.1, 0.15) is 316 Å². The summed E-state index contributed by atoms with van der Waals surface area (Å²) in [6, 6.07) is 0. The molecule has 0 aliphatic rings. The minimum Gasteiger partial charge on any atom is -0.462 e. The molecule has 0 amide bonds. The molecule has 0 aliphatic carbocycles. The maximum Gasteiger partial charge on any atom is 0.306 e. The molecule has 0 aromatic rings. The molecule has 0 aromatic carbocycles. The molecule has 0 radical (unpaired) electrons. The summed E-state index contributed by atoms with van der Waals surface area (Å²) in [4.78, 5) is 38.2. The Morgan fingerprint density at radius 2 is 0.536 bits per heavy atom. The Morgan fingerprint density at radius 1 is 0.290 bits per heavy atom. The fraction of sp³-hybridized carbons (Fsp3) is 0.825. The number of esters is 3. The molecule has 0 N–H and O–H groups in total. The van der Waals surface area contributed by atoms with Crippen LogP contribution in [0.5, 0.6) is 0 Å². The van der Waals surface area contributed by atoms with Crippen LogP contribution in [0.15, 0.2) is 48.6 Å². The maximum absolute atomic E-state index is 12.9. The Kier molecular flexibility index (Phi) is 55.7. The second kappa shape index (κ2) is 57.9. The molecule has 0 rings (SSSR count). The number of hydrogen-bond donors (Lipinski definition) is 0. The van der Waals surface area contributed by atoms with Gasteiger partial charge in [0, 0.05) is 19.3 Å². The Balaban J connectivity index is 4.34. The van der Waals surface area contributed by atoms with E-state index >= 15 is 0 Å². The van der Waals surface area contributed by atoms with Crippen molar-refractivity contribution >= 4 is 17.9 Å². The second-order valence-electron chi connectivity index (χ2n) is 20.2. The van der Waals surface area contributed by atoms with E-state index in [1.807, 2.05) is 0 Å². The van der Waals surface area contributed by atoms with Crippen molar-refractivity contribution < 1.29 is 28.6 Å². The zero-order chi connectivity index (χ0) is 50.0. The van der Waals surface area contributed by atoms with Gasteiger partial charge in [-0.15, -0.1) is 0 Å². The van der Waals surface area contributed by atoms with Crippen LogP contribution in [0.2, 0.25) is 0 Å². The SMILES string of the molecule is CCCC/C=C\C/C=C\CCCCCCCC(=O)OCC(COC(=O)CCCCCCCCCCC/C=C\CCCCCCCCCC)OC(=O)CCCCCCC/C=C\CCCCCCCCC. The van der Waals surface area contributed by atoms with Crippen molar-refractivity contribution in [2.24, 2.45) is 0 Å². The van der Waals surface area contributed by atoms with Gasteiger partial charge in [0.05, 0.1) is 0 Å². The quantitative estimate of drug-likeness (QED) is 0.0262. The topological polar surface area (TPSA) is 78.9 Å². The number of carbonyl (C=O) groups is 3. The van der Waals surface area contributed by atoms with Gasteiger partial charge in [-0.3, -0.25) is 14.4 Å². The predicted octanol–water partition coefficient (Wildman–Crippen LogP) is 20.2. The summed E-state index contributed by atoms with van der Waals surface area (Å²) in [7, 11) is 0. The van der Waals surface area contributed by atoms with E-state index in [1.54, 1.807) is 0 Å². The summed E-state index contributed by atoms with van der Waals surface area (Å²) in [5.74, 6) is -0.891. The van der Waals surface area contributed by atoms with Gasteiger partial charge in [-0.1, -0.05) is 249 Å². The maximum atomic E-state index is 12.9. The summed E-state index contributed by atoms with van der Waals surface area (Å²) < 4.78 is 16.9. The third kappa shape index (κ3) is 56.2. The fourth-order valence-corrected chi connectivity index (χ4v) is 8.69. The summed E-state index contributed by atoms with van der Waals surface area (Å²) in [6.45, 7) is 6.61. The zero-order valence-electron chi connectivity index (χ0n) is 46.1. The first-order valence-electron chi connectivity index (χ1n) is 30.1. The van der Waals surface area contributed by atoms with Crippen LogP contribution in [0.3, 0.4) is 0 Å². The van der Waals surface area contributed by atoms with E-state index in [2.05, 4.69) is 69.4 Å². The first kappa shape index (κ1) is 66.4. The summed E-state index contributed by atoms with van der Waals surface area (Å²) in [5.41, 5.74) is 0. The molecule has 0 spiro atoms. The largest absolute Gasteiger partial charge is 0.462 e. The van der Waals surface area contributed by atoms with Gasteiger partial charge in [0.15, 0.2) is 6.10 Å². The summed E-state index contributed by atoms with van der Waals surface area (Å²) in [5, 5.41) is 0. The molecule has 0 heterocycles. The highest BCUT2D eigenvalue weighted by molar-refractivity contribution is 5.71. The molecular weight excluding hydrogens is 853 g/mol. The molecule has 1 unspecified atom stereocenters. The van der Waals surface area contributed by atoms with Crippen LogP contribution in [0, 0.1) is 0 Å². The van der Waals surface area contributed by atoms with Gasteiger partial charge in [0.2, 0.25) is 0 Å². The van der Waals surface area contributed by atoms with Gasteiger partial charge in [0.25, 0.3) is 0 Å². The molecule has 0 bridgehead atoms. The molecule has 0 saturated heterocycles. The van der Waals surface area contributed by atoms with Crippen molar-refractivity contribution in [1.82, 2.24) is 0 Å². The Bertz CT molecular complexity index is 1200. The Morgan fingerprint density at radius 3 is 0.855 bits per heavy atom. The highest BCUT2D eigenvalue weighted by atomic mass is 16.6. The minimum atomic E-state index is -0.783. The van der Waals surface area contributed by atoms with Crippen molar-refractivity contribution in [2.75, 3.05) is 13.2 Å². The van der Waals surface area contributed by atoms with Gasteiger partial charge in [-0.05, 0) is 96.3 Å². The van der Waals surface area contributed by atoms with Crippen molar-refractivity contribution in [3.8, 4) is 0 Å². The van der Waals surface area contributed by atoms with Crippen LogP contribution < -0.4 is 0 Å². The molecule has 0 aromatic heterocycles. The predicted molar refractivity (Wildman–Crippen MR) is 298 cm³/mol. The Labute approximate surface area is 428 Å². The van der Waals surface area contributed by atoms with Crippen LogP contribution in [-0.4, -0.2) is 37.2 Å². The molecule has 0 aliphatic heterocycles. The van der Waals surface area contributed by atoms with E-state index in [4.69, 9.17) is 14.2 Å². The lowest BCUT2D eigenvalue weighted by molar-refractivity contribution is -0.167. The van der Waals surface area contributed by atoms with E-state index < -0.39 is 6.10 Å². The van der Waals surface area contributed by atoms with Crippen molar-refractivity contribution in [1.29, 1.82) is 0 Å². The smallest absolute Gasteiger partial charge is 0.306 e. The average Bonchev–Trinajstić information content (AvgIpc) is 3.35. The molecule has 69 heavy (non-hydrogen) atoms. The number of unbranched alkanes of at least 4 members (excludes halogenated alkanes) is 36. The van der Waals surface area contributed by atoms with E-state index in [0.717, 1.165) is 89.9 Å². The molecule has 1 atom stereocenters. The van der Waals surface area contributed by atoms with Crippen molar-refractivity contribution in [3.05, 3.63) is 48.6 Å². The molecule has 0 saturated carbocycles. The molecular formula is C63H114O6. The van der Waals surface area contributed by atoms with E-state index in [0.29, 0.717) is 19.3 Å². The number of rotatable bonds is 55. The highest BCUT2D eigenvalue weighted by Gasteiger charge is 2.19. The lowest BCUT2D eigenvalue weighted by atomic mass is 10.1. The number of ether oxygens (including phenoxy) is 3. The zero-order valence-corrected chi connectivity index (χ0v) is 46.1. The Hall–Kier alpha value is -2.63. The van der Waals surface area contributed by atoms with Gasteiger partial charge in [0.1, 0.15) is 13.2 Å². The molecule has 6 heteroatoms. The lowest BCUT2D eigenvalue weighted by Gasteiger charge is -2.18. The monoisotopic (exact) mass is 967 g/mol. The summed E-state index contributed by atoms with van der Waals surface area (Å²) in [6.07, 6.45) is 71.0. The van der Waals surface area contributed by atoms with Crippen molar-refractivity contribution in [3.63, 3.8) is 0 Å². The lowest BCUT2D eigenvalue weighted by Crippen LogP contribution is -2.30. The van der Waals surface area contributed by atoms with Gasteiger partial charge >= 0.3 is 17.9 Å². The first-order chi connectivity index (χ1) is 34.0. The average molecular weight is 968 g/mol. The number of carbonyl (C=O) groups excluding carboxylic acids is 3. The van der Waals surface area contributed by atoms with Crippen LogP contribution in [0.4, 0.5) is 0 Å². The van der Waals surface area contributed by atoms with Crippen LogP contribution in [-0.2, 0) is 28.6 Å². The van der Waals surface area contributed by atoms with Crippen LogP contribution in [0.25, 0.3) is 0 Å². The van der Waals surface area contributed by atoms with Gasteiger partial charge in [-0.25, -0.2) is 0 Å². The summed E-state index contributed by atoms with van der Waals surface area (Å²) >= 11 is 0. The van der Waals surface area contributed by atoms with Gasteiger partial charge in [-0.2, -0.15) is 0 Å². The fourth-order valence-electron chi connectivity index (χ4n) is 8.69. The highest BCUT2D eigenvalue weighted by Crippen LogP contribution is 2.16. The van der Waals surface area contributed by atoms with E-state index in [-0.39, 0.29) is 31.1 Å².